The second-order valence-electron chi connectivity index (χ2n) is 3.80. The molecule has 1 atom stereocenters. The Morgan fingerprint density at radius 2 is 2.31 bits per heavy atom. The molecule has 1 aromatic carbocycles. The molecule has 1 aliphatic heterocycles. The summed E-state index contributed by atoms with van der Waals surface area (Å²) in [5.74, 6) is 0. The number of anilines is 1. The smallest absolute Gasteiger partial charge is 0.256 e. The summed E-state index contributed by atoms with van der Waals surface area (Å²) in [6.45, 7) is 3.32. The van der Waals surface area contributed by atoms with Crippen molar-refractivity contribution < 1.29 is 9.53 Å². The lowest BCUT2D eigenvalue weighted by atomic mass is 10.1. The number of carbonyl (C=O) groups is 1. The van der Waals surface area contributed by atoms with E-state index in [2.05, 4.69) is 22.9 Å². The molecule has 1 heterocycles. The van der Waals surface area contributed by atoms with Crippen LogP contribution >= 0.6 is 15.9 Å². The van der Waals surface area contributed by atoms with Gasteiger partial charge in [0.25, 0.3) is 4.63 Å². The molecule has 4 heteroatoms. The van der Waals surface area contributed by atoms with Crippen LogP contribution in [-0.4, -0.2) is 17.5 Å². The van der Waals surface area contributed by atoms with Gasteiger partial charge in [0, 0.05) is 17.8 Å². The fraction of sp³-hybridized carbons (Fsp3) is 0.417. The maximum absolute atomic E-state index is 11.2. The number of benzene rings is 1. The van der Waals surface area contributed by atoms with Gasteiger partial charge in [0.05, 0.1) is 6.61 Å². The Morgan fingerprint density at radius 1 is 1.56 bits per heavy atom. The van der Waals surface area contributed by atoms with Crippen molar-refractivity contribution in [3.8, 4) is 0 Å². The third-order valence-electron chi connectivity index (χ3n) is 2.67. The zero-order chi connectivity index (χ0) is 11.6. The van der Waals surface area contributed by atoms with E-state index in [1.165, 1.54) is 0 Å². The van der Waals surface area contributed by atoms with E-state index in [9.17, 15) is 4.79 Å². The molecule has 0 radical (unpaired) electrons. The van der Waals surface area contributed by atoms with Gasteiger partial charge in [-0.3, -0.25) is 4.79 Å². The van der Waals surface area contributed by atoms with Crippen LogP contribution in [0, 0.1) is 0 Å². The molecule has 0 spiro atoms. The predicted molar refractivity (Wildman–Crippen MR) is 66.6 cm³/mol. The Kier molecular flexibility index (Phi) is 3.30. The van der Waals surface area contributed by atoms with Crippen LogP contribution in [0.15, 0.2) is 24.3 Å². The van der Waals surface area contributed by atoms with Crippen LogP contribution in [0.25, 0.3) is 0 Å². The molecule has 0 aliphatic carbocycles. The fourth-order valence-corrected chi connectivity index (χ4v) is 2.39. The molecule has 1 aromatic rings. The van der Waals surface area contributed by atoms with Crippen LogP contribution in [0.2, 0.25) is 0 Å². The summed E-state index contributed by atoms with van der Waals surface area (Å²) in [5.41, 5.74) is 2.19. The fourth-order valence-electron chi connectivity index (χ4n) is 1.91. The zero-order valence-electron chi connectivity index (χ0n) is 9.15. The van der Waals surface area contributed by atoms with Gasteiger partial charge >= 0.3 is 0 Å². The first-order chi connectivity index (χ1) is 7.71. The van der Waals surface area contributed by atoms with E-state index >= 15 is 0 Å². The van der Waals surface area contributed by atoms with E-state index in [1.807, 2.05) is 29.2 Å². The first kappa shape index (κ1) is 11.6. The van der Waals surface area contributed by atoms with Crippen LogP contribution in [0.5, 0.6) is 0 Å². The van der Waals surface area contributed by atoms with E-state index in [1.54, 1.807) is 0 Å². The monoisotopic (exact) mass is 283 g/mol. The number of para-hydroxylation sites is 1. The van der Waals surface area contributed by atoms with Crippen molar-refractivity contribution in [2.75, 3.05) is 11.4 Å². The van der Waals surface area contributed by atoms with E-state index in [-0.39, 0.29) is 0 Å². The molecule has 3 nitrogen and oxygen atoms in total. The summed E-state index contributed by atoms with van der Waals surface area (Å²) in [7, 11) is 0. The second kappa shape index (κ2) is 4.55. The molecule has 1 aliphatic rings. The van der Waals surface area contributed by atoms with Crippen LogP contribution in [0.4, 0.5) is 5.69 Å². The summed E-state index contributed by atoms with van der Waals surface area (Å²) in [5, 5.41) is 0. The number of halogens is 1. The van der Waals surface area contributed by atoms with Crippen molar-refractivity contribution in [3.05, 3.63) is 29.8 Å². The Hall–Kier alpha value is -0.870. The molecule has 0 saturated carbocycles. The summed E-state index contributed by atoms with van der Waals surface area (Å²) < 4.78 is 4.58. The van der Waals surface area contributed by atoms with Gasteiger partial charge in [-0.15, -0.1) is 0 Å². The van der Waals surface area contributed by atoms with Gasteiger partial charge in [-0.1, -0.05) is 25.1 Å². The number of nitrogens with zero attached hydrogens (tertiary/aromatic N) is 1. The van der Waals surface area contributed by atoms with Gasteiger partial charge in [0.1, 0.15) is 0 Å². The van der Waals surface area contributed by atoms with Gasteiger partial charge in [0.2, 0.25) is 0 Å². The maximum Gasteiger partial charge on any atom is 0.256 e. The highest BCUT2D eigenvalue weighted by molar-refractivity contribution is 9.10. The van der Waals surface area contributed by atoms with Crippen LogP contribution in [0.1, 0.15) is 18.9 Å². The van der Waals surface area contributed by atoms with Crippen molar-refractivity contribution in [1.29, 1.82) is 0 Å². The molecule has 2 rings (SSSR count). The standard InChI is InChI=1S/C12H14BrNO2/c1-2-7-14-11-6-4-3-5-10(11)8-16-12(14,13)9-15/h3-6,9H,2,7-8H2,1H3. The average molecular weight is 284 g/mol. The number of aldehydes is 1. The summed E-state index contributed by atoms with van der Waals surface area (Å²) >= 11 is 3.37. The highest BCUT2D eigenvalue weighted by Gasteiger charge is 2.39. The van der Waals surface area contributed by atoms with E-state index < -0.39 is 4.63 Å². The van der Waals surface area contributed by atoms with Crippen molar-refractivity contribution in [1.82, 2.24) is 0 Å². The molecule has 0 N–H and O–H groups in total. The molecule has 0 aromatic heterocycles. The molecule has 0 amide bonds. The van der Waals surface area contributed by atoms with Gasteiger partial charge in [-0.25, -0.2) is 0 Å². The Bertz CT molecular complexity index is 396. The quantitative estimate of drug-likeness (QED) is 0.485. The second-order valence-corrected chi connectivity index (χ2v) is 4.93. The minimum absolute atomic E-state index is 0.459. The number of hydrogen-bond donors (Lipinski definition) is 0. The molecule has 0 saturated heterocycles. The maximum atomic E-state index is 11.2. The van der Waals surface area contributed by atoms with Gasteiger partial charge < -0.3 is 9.64 Å². The van der Waals surface area contributed by atoms with E-state index in [0.29, 0.717) is 6.61 Å². The lowest BCUT2D eigenvalue weighted by Crippen LogP contribution is -2.50. The topological polar surface area (TPSA) is 29.5 Å². The number of ether oxygens (including phenoxy) is 1. The van der Waals surface area contributed by atoms with E-state index in [0.717, 1.165) is 30.5 Å². The van der Waals surface area contributed by atoms with Crippen LogP contribution in [-0.2, 0) is 16.1 Å². The lowest BCUT2D eigenvalue weighted by Gasteiger charge is -2.41. The number of alkyl halides is 1. The number of rotatable bonds is 3. The molecular formula is C12H14BrNO2. The third kappa shape index (κ3) is 1.87. The number of fused-ring (bicyclic) bond motifs is 1. The molecule has 86 valence electrons. The zero-order valence-corrected chi connectivity index (χ0v) is 10.7. The lowest BCUT2D eigenvalue weighted by molar-refractivity contribution is -0.122. The molecule has 16 heavy (non-hydrogen) atoms. The summed E-state index contributed by atoms with van der Waals surface area (Å²) in [6.07, 6.45) is 1.76. The first-order valence-corrected chi connectivity index (χ1v) is 6.15. The molecule has 1 unspecified atom stereocenters. The van der Waals surface area contributed by atoms with Crippen molar-refractivity contribution in [3.63, 3.8) is 0 Å². The SMILES string of the molecule is CCCN1c2ccccc2COC1(Br)C=O. The Balaban J connectivity index is 2.43. The average Bonchev–Trinajstić information content (AvgIpc) is 2.33. The van der Waals surface area contributed by atoms with Crippen LogP contribution in [0.3, 0.4) is 0 Å². The number of carbonyl (C=O) groups excluding carboxylic acids is 1. The van der Waals surface area contributed by atoms with Gasteiger partial charge in [0.15, 0.2) is 6.29 Å². The van der Waals surface area contributed by atoms with Crippen molar-refractivity contribution in [2.45, 2.75) is 24.6 Å². The Morgan fingerprint density at radius 3 is 3.00 bits per heavy atom. The highest BCUT2D eigenvalue weighted by atomic mass is 79.9. The third-order valence-corrected chi connectivity index (χ3v) is 3.52. The first-order valence-electron chi connectivity index (χ1n) is 5.36. The number of hydrogen-bond acceptors (Lipinski definition) is 3. The van der Waals surface area contributed by atoms with Gasteiger partial charge in [-0.2, -0.15) is 0 Å². The Labute approximate surface area is 104 Å². The van der Waals surface area contributed by atoms with Gasteiger partial charge in [-0.05, 0) is 28.4 Å². The highest BCUT2D eigenvalue weighted by Crippen LogP contribution is 2.37. The van der Waals surface area contributed by atoms with Crippen LogP contribution < -0.4 is 4.90 Å². The minimum atomic E-state index is -1.00. The molecule has 0 bridgehead atoms. The van der Waals surface area contributed by atoms with Crippen molar-refractivity contribution in [2.24, 2.45) is 0 Å². The minimum Gasteiger partial charge on any atom is -0.335 e. The van der Waals surface area contributed by atoms with Crippen molar-refractivity contribution >= 4 is 27.9 Å². The molecular weight excluding hydrogens is 270 g/mol. The summed E-state index contributed by atoms with van der Waals surface area (Å²) in [6, 6.07) is 8.00. The largest absolute Gasteiger partial charge is 0.335 e. The molecule has 0 fully saturated rings. The van der Waals surface area contributed by atoms with E-state index in [4.69, 9.17) is 4.74 Å². The normalized spacial score (nSPS) is 24.0. The predicted octanol–water partition coefficient (Wildman–Crippen LogP) is 2.68. The summed E-state index contributed by atoms with van der Waals surface area (Å²) in [4.78, 5) is 13.1.